The summed E-state index contributed by atoms with van der Waals surface area (Å²) in [7, 11) is 0. The fourth-order valence-corrected chi connectivity index (χ4v) is 4.48. The number of benzene rings is 2. The Morgan fingerprint density at radius 3 is 2.25 bits per heavy atom. The van der Waals surface area contributed by atoms with E-state index in [2.05, 4.69) is 18.7 Å². The Hall–Kier alpha value is -2.93. The molecule has 0 N–H and O–H groups in total. The van der Waals surface area contributed by atoms with Crippen LogP contribution in [-0.4, -0.2) is 19.9 Å². The number of rotatable bonds is 3. The van der Waals surface area contributed by atoms with Crippen molar-refractivity contribution in [3.05, 3.63) is 93.0 Å². The molecule has 0 bridgehead atoms. The van der Waals surface area contributed by atoms with Crippen LogP contribution in [0.15, 0.2) is 71.7 Å². The third kappa shape index (κ3) is 5.29. The average Bonchev–Trinajstić information content (AvgIpc) is 2.77. The standard InChI is InChI=1S/C19H12N2O2Se.2C2H6/c1-2-15-11-17(16-5-3-4-6-19(16)24-15)18(12-20)13-7-9-14(10-8-13)21(22)23;2*1-2/h2-11H,1H2;2*1-2H3/b18-17+;;. The van der Waals surface area contributed by atoms with Gasteiger partial charge in [0.05, 0.1) is 0 Å². The molecule has 144 valence electrons. The zero-order valence-electron chi connectivity index (χ0n) is 16.6. The molecule has 1 aliphatic heterocycles. The van der Waals surface area contributed by atoms with Crippen LogP contribution < -0.4 is 4.46 Å². The molecule has 0 saturated heterocycles. The van der Waals surface area contributed by atoms with Crippen LogP contribution in [0.2, 0.25) is 0 Å². The van der Waals surface area contributed by atoms with Crippen LogP contribution in [-0.2, 0) is 0 Å². The first-order valence-corrected chi connectivity index (χ1v) is 10.9. The first-order valence-electron chi connectivity index (χ1n) is 9.14. The number of nitro groups is 1. The zero-order chi connectivity index (χ0) is 21.1. The van der Waals surface area contributed by atoms with Gasteiger partial charge >= 0.3 is 145 Å². The second-order valence-electron chi connectivity index (χ2n) is 5.05. The van der Waals surface area contributed by atoms with Gasteiger partial charge in [0.15, 0.2) is 0 Å². The maximum Gasteiger partial charge on any atom is -0.0683 e. The van der Waals surface area contributed by atoms with Crippen LogP contribution in [0.1, 0.15) is 38.8 Å². The molecule has 4 nitrogen and oxygen atoms in total. The molecule has 28 heavy (non-hydrogen) atoms. The summed E-state index contributed by atoms with van der Waals surface area (Å²) in [4.78, 5) is 10.4. The van der Waals surface area contributed by atoms with Crippen LogP contribution in [0.3, 0.4) is 0 Å². The van der Waals surface area contributed by atoms with Crippen molar-refractivity contribution in [3.63, 3.8) is 0 Å². The minimum absolute atomic E-state index is 0.00994. The molecule has 0 aromatic heterocycles. The van der Waals surface area contributed by atoms with Gasteiger partial charge < -0.3 is 0 Å². The summed E-state index contributed by atoms with van der Waals surface area (Å²) in [5.41, 5.74) is 3.06. The number of allylic oxidation sites excluding steroid dienone is 5. The van der Waals surface area contributed by atoms with E-state index in [0.717, 1.165) is 15.6 Å². The molecule has 0 fully saturated rings. The number of nitro benzene ring substituents is 1. The number of hydrogen-bond donors (Lipinski definition) is 0. The third-order valence-electron chi connectivity index (χ3n) is 3.64. The van der Waals surface area contributed by atoms with Crippen LogP contribution in [0.25, 0.3) is 11.1 Å². The predicted octanol–water partition coefficient (Wildman–Crippen LogP) is 5.49. The largest absolute Gasteiger partial charge is 0.0683 e. The smallest absolute Gasteiger partial charge is 0.0683 e. The molecule has 1 heterocycles. The number of nitrogens with zero attached hydrogens (tertiary/aromatic N) is 2. The Balaban J connectivity index is 0.000000921. The monoisotopic (exact) mass is 440 g/mol. The van der Waals surface area contributed by atoms with Gasteiger partial charge in [0.1, 0.15) is 0 Å². The summed E-state index contributed by atoms with van der Waals surface area (Å²) >= 11 is 0.165. The fourth-order valence-electron chi connectivity index (χ4n) is 2.49. The Morgan fingerprint density at radius 2 is 1.71 bits per heavy atom. The molecule has 0 saturated carbocycles. The van der Waals surface area contributed by atoms with E-state index in [-0.39, 0.29) is 20.6 Å². The Morgan fingerprint density at radius 1 is 1.11 bits per heavy atom. The molecular formula is C23H24N2O2Se. The number of nitriles is 1. The predicted molar refractivity (Wildman–Crippen MR) is 118 cm³/mol. The van der Waals surface area contributed by atoms with E-state index in [0.29, 0.717) is 11.1 Å². The van der Waals surface area contributed by atoms with E-state index in [1.807, 2.05) is 58.0 Å². The summed E-state index contributed by atoms with van der Waals surface area (Å²) < 4.78 is 2.30. The molecule has 2 aromatic carbocycles. The van der Waals surface area contributed by atoms with E-state index < -0.39 is 4.92 Å². The average molecular weight is 439 g/mol. The molecule has 0 unspecified atom stereocenters. The topological polar surface area (TPSA) is 66.9 Å². The van der Waals surface area contributed by atoms with Crippen LogP contribution in [0.4, 0.5) is 5.69 Å². The Bertz CT molecular complexity index is 936. The molecule has 0 spiro atoms. The normalized spacial score (nSPS) is 13.2. The molecule has 0 aliphatic carbocycles. The van der Waals surface area contributed by atoms with Crippen LogP contribution in [0.5, 0.6) is 0 Å². The minimum Gasteiger partial charge on any atom is -0.0683 e. The third-order valence-corrected chi connectivity index (χ3v) is 5.94. The second-order valence-corrected chi connectivity index (χ2v) is 7.39. The van der Waals surface area contributed by atoms with Crippen LogP contribution in [0, 0.1) is 21.4 Å². The maximum absolute atomic E-state index is 10.8. The van der Waals surface area contributed by atoms with E-state index in [1.54, 1.807) is 12.1 Å². The maximum atomic E-state index is 10.8. The minimum atomic E-state index is -0.447. The van der Waals surface area contributed by atoms with E-state index in [4.69, 9.17) is 0 Å². The van der Waals surface area contributed by atoms with Crippen molar-refractivity contribution < 1.29 is 4.92 Å². The summed E-state index contributed by atoms with van der Waals surface area (Å²) in [6.07, 6.45) is 3.82. The van der Waals surface area contributed by atoms with Gasteiger partial charge in [-0.25, -0.2) is 0 Å². The van der Waals surface area contributed by atoms with E-state index in [9.17, 15) is 15.4 Å². The quantitative estimate of drug-likeness (QED) is 0.275. The zero-order valence-corrected chi connectivity index (χ0v) is 18.3. The van der Waals surface area contributed by atoms with Gasteiger partial charge in [0.25, 0.3) is 0 Å². The van der Waals surface area contributed by atoms with Gasteiger partial charge in [-0.2, -0.15) is 0 Å². The van der Waals surface area contributed by atoms with Gasteiger partial charge in [-0.05, 0) is 0 Å². The molecule has 2 aromatic rings. The Labute approximate surface area is 173 Å². The SMILES string of the molecule is C=CC1=C/C(=C(/C#N)c2ccc([N+](=O)[O-])cc2)c2ccccc2[Se]1.CC.CC. The second kappa shape index (κ2) is 11.7. The van der Waals surface area contributed by atoms with Crippen molar-refractivity contribution in [1.29, 1.82) is 5.26 Å². The van der Waals surface area contributed by atoms with Crippen molar-refractivity contribution in [2.24, 2.45) is 0 Å². The summed E-state index contributed by atoms with van der Waals surface area (Å²) in [6, 6.07) is 16.3. The number of non-ortho nitro benzene ring substituents is 1. The van der Waals surface area contributed by atoms with E-state index in [1.165, 1.54) is 16.6 Å². The first kappa shape index (κ1) is 23.1. The molecule has 0 amide bonds. The van der Waals surface area contributed by atoms with Gasteiger partial charge in [-0.1, -0.05) is 27.7 Å². The van der Waals surface area contributed by atoms with Gasteiger partial charge in [0, 0.05) is 0 Å². The molecule has 0 atom stereocenters. The number of hydrogen-bond acceptors (Lipinski definition) is 3. The van der Waals surface area contributed by atoms with Gasteiger partial charge in [-0.15, -0.1) is 0 Å². The Kier molecular flexibility index (Phi) is 9.67. The molecule has 3 rings (SSSR count). The van der Waals surface area contributed by atoms with Gasteiger partial charge in [-0.3, -0.25) is 0 Å². The molecule has 0 radical (unpaired) electrons. The molecule has 1 aliphatic rings. The molecule has 5 heteroatoms. The van der Waals surface area contributed by atoms with Crippen LogP contribution >= 0.6 is 0 Å². The summed E-state index contributed by atoms with van der Waals surface area (Å²) in [5.74, 6) is 0. The summed E-state index contributed by atoms with van der Waals surface area (Å²) in [6.45, 7) is 11.8. The summed E-state index contributed by atoms with van der Waals surface area (Å²) in [5, 5.41) is 20.5. The van der Waals surface area contributed by atoms with Crippen molar-refractivity contribution in [1.82, 2.24) is 0 Å². The number of fused-ring (bicyclic) bond motifs is 1. The van der Waals surface area contributed by atoms with Crippen molar-refractivity contribution >= 4 is 36.3 Å². The van der Waals surface area contributed by atoms with Crippen molar-refractivity contribution in [2.45, 2.75) is 27.7 Å². The fraction of sp³-hybridized carbons (Fsp3) is 0.174. The van der Waals surface area contributed by atoms with Gasteiger partial charge in [0.2, 0.25) is 0 Å². The molecular weight excluding hydrogens is 415 g/mol. The van der Waals surface area contributed by atoms with Crippen molar-refractivity contribution in [2.75, 3.05) is 0 Å². The van der Waals surface area contributed by atoms with Crippen molar-refractivity contribution in [3.8, 4) is 6.07 Å². The first-order chi connectivity index (χ1) is 13.6. The van der Waals surface area contributed by atoms with E-state index >= 15 is 0 Å².